The van der Waals surface area contributed by atoms with Crippen LogP contribution in [-0.4, -0.2) is 12.6 Å². The minimum Gasteiger partial charge on any atom is -0.445 e. The molecule has 0 heterocycles. The summed E-state index contributed by atoms with van der Waals surface area (Å²) in [6, 6.07) is 27.9. The van der Waals surface area contributed by atoms with Gasteiger partial charge in [0.05, 0.1) is 0 Å². The Morgan fingerprint density at radius 1 is 0.852 bits per heavy atom. The van der Waals surface area contributed by atoms with Crippen LogP contribution in [0.1, 0.15) is 17.5 Å². The standard InChI is InChI=1S/C24H21NO2/c26-24(27-19-20-11-3-1-4-12-20)25-18-10-9-16-22-15-7-8-17-23(22)21-13-5-2-6-14-21/h1-8,11-15,17H,10,18-19H2,(H,25,26). The first kappa shape index (κ1) is 18.3. The molecular formula is C24H21NO2. The molecule has 1 N–H and O–H groups in total. The summed E-state index contributed by atoms with van der Waals surface area (Å²) in [7, 11) is 0. The number of amides is 1. The average Bonchev–Trinajstić information content (AvgIpc) is 2.74. The Bertz CT molecular complexity index is 925. The zero-order valence-corrected chi connectivity index (χ0v) is 15.0. The first-order valence-corrected chi connectivity index (χ1v) is 8.91. The van der Waals surface area contributed by atoms with Crippen LogP contribution in [0.5, 0.6) is 0 Å². The highest BCUT2D eigenvalue weighted by molar-refractivity contribution is 5.71. The van der Waals surface area contributed by atoms with Gasteiger partial charge < -0.3 is 10.1 Å². The molecule has 0 aliphatic rings. The molecule has 27 heavy (non-hydrogen) atoms. The highest BCUT2D eigenvalue weighted by Crippen LogP contribution is 2.22. The van der Waals surface area contributed by atoms with Crippen molar-refractivity contribution in [2.45, 2.75) is 13.0 Å². The van der Waals surface area contributed by atoms with Gasteiger partial charge in [0.15, 0.2) is 0 Å². The molecule has 3 heteroatoms. The lowest BCUT2D eigenvalue weighted by atomic mass is 10.00. The zero-order chi connectivity index (χ0) is 18.7. The molecule has 3 nitrogen and oxygen atoms in total. The summed E-state index contributed by atoms with van der Waals surface area (Å²) in [5.41, 5.74) is 4.20. The molecule has 0 fully saturated rings. The fourth-order valence-corrected chi connectivity index (χ4v) is 2.62. The fourth-order valence-electron chi connectivity index (χ4n) is 2.62. The Hall–Kier alpha value is -3.51. The van der Waals surface area contributed by atoms with Crippen LogP contribution in [0.15, 0.2) is 84.9 Å². The van der Waals surface area contributed by atoms with Gasteiger partial charge in [-0.15, -0.1) is 0 Å². The Morgan fingerprint density at radius 2 is 1.52 bits per heavy atom. The molecule has 0 aliphatic carbocycles. The minimum absolute atomic E-state index is 0.267. The first-order chi connectivity index (χ1) is 13.3. The molecule has 3 aromatic rings. The number of benzene rings is 3. The van der Waals surface area contributed by atoms with Gasteiger partial charge in [-0.3, -0.25) is 0 Å². The van der Waals surface area contributed by atoms with Gasteiger partial charge in [-0.1, -0.05) is 90.7 Å². The van der Waals surface area contributed by atoms with Crippen LogP contribution in [0.2, 0.25) is 0 Å². The van der Waals surface area contributed by atoms with Crippen molar-refractivity contribution in [3.05, 3.63) is 96.1 Å². The van der Waals surface area contributed by atoms with Crippen LogP contribution in [0.3, 0.4) is 0 Å². The van der Waals surface area contributed by atoms with Crippen molar-refractivity contribution in [2.75, 3.05) is 6.54 Å². The summed E-state index contributed by atoms with van der Waals surface area (Å²) in [5.74, 6) is 6.32. The molecule has 134 valence electrons. The maximum atomic E-state index is 11.7. The fraction of sp³-hybridized carbons (Fsp3) is 0.125. The van der Waals surface area contributed by atoms with Crippen LogP contribution in [0.4, 0.5) is 4.79 Å². The molecule has 0 saturated heterocycles. The Morgan fingerprint density at radius 3 is 2.30 bits per heavy atom. The second-order valence-electron chi connectivity index (χ2n) is 5.95. The molecule has 0 aromatic heterocycles. The van der Waals surface area contributed by atoms with Gasteiger partial charge in [-0.25, -0.2) is 4.79 Å². The van der Waals surface area contributed by atoms with E-state index in [1.54, 1.807) is 0 Å². The van der Waals surface area contributed by atoms with E-state index in [9.17, 15) is 4.79 Å². The van der Waals surface area contributed by atoms with Crippen molar-refractivity contribution < 1.29 is 9.53 Å². The smallest absolute Gasteiger partial charge is 0.407 e. The van der Waals surface area contributed by atoms with Crippen LogP contribution < -0.4 is 5.32 Å². The van der Waals surface area contributed by atoms with E-state index in [1.165, 1.54) is 0 Å². The number of carbonyl (C=O) groups is 1. The highest BCUT2D eigenvalue weighted by Gasteiger charge is 2.02. The number of hydrogen-bond donors (Lipinski definition) is 1. The van der Waals surface area contributed by atoms with E-state index in [0.717, 1.165) is 22.3 Å². The summed E-state index contributed by atoms with van der Waals surface area (Å²) in [6.07, 6.45) is 0.133. The number of carbonyl (C=O) groups excluding carboxylic acids is 1. The van der Waals surface area contributed by atoms with Crippen molar-refractivity contribution in [3.63, 3.8) is 0 Å². The van der Waals surface area contributed by atoms with Gasteiger partial charge in [0.25, 0.3) is 0 Å². The molecule has 0 radical (unpaired) electrons. The average molecular weight is 355 g/mol. The molecule has 1 amide bonds. The van der Waals surface area contributed by atoms with E-state index in [4.69, 9.17) is 4.74 Å². The molecule has 3 aromatic carbocycles. The quantitative estimate of drug-likeness (QED) is 0.515. The largest absolute Gasteiger partial charge is 0.445 e. The zero-order valence-electron chi connectivity index (χ0n) is 15.0. The van der Waals surface area contributed by atoms with E-state index < -0.39 is 6.09 Å². The topological polar surface area (TPSA) is 38.3 Å². The second-order valence-corrected chi connectivity index (χ2v) is 5.95. The predicted octanol–water partition coefficient (Wildman–Crippen LogP) is 5.02. The van der Waals surface area contributed by atoms with Crippen molar-refractivity contribution in [2.24, 2.45) is 0 Å². The van der Waals surface area contributed by atoms with Gasteiger partial charge in [0, 0.05) is 18.5 Å². The van der Waals surface area contributed by atoms with Crippen molar-refractivity contribution in [1.29, 1.82) is 0 Å². The van der Waals surface area contributed by atoms with Crippen LogP contribution in [0.25, 0.3) is 11.1 Å². The molecule has 0 bridgehead atoms. The summed E-state index contributed by atoms with van der Waals surface area (Å²) in [6.45, 7) is 0.719. The maximum Gasteiger partial charge on any atom is 0.407 e. The lowest BCUT2D eigenvalue weighted by Gasteiger charge is -2.05. The van der Waals surface area contributed by atoms with Gasteiger partial charge in [-0.2, -0.15) is 0 Å². The van der Waals surface area contributed by atoms with E-state index in [2.05, 4.69) is 35.4 Å². The molecule has 0 spiro atoms. The Labute approximate surface area is 160 Å². The maximum absolute atomic E-state index is 11.7. The van der Waals surface area contributed by atoms with E-state index >= 15 is 0 Å². The predicted molar refractivity (Wildman–Crippen MR) is 108 cm³/mol. The van der Waals surface area contributed by atoms with Gasteiger partial charge in [0.1, 0.15) is 6.61 Å². The SMILES string of the molecule is O=C(NCCC#Cc1ccccc1-c1ccccc1)OCc1ccccc1. The van der Waals surface area contributed by atoms with Crippen molar-refractivity contribution in [3.8, 4) is 23.0 Å². The lowest BCUT2D eigenvalue weighted by molar-refractivity contribution is 0.140. The molecule has 3 rings (SSSR count). The van der Waals surface area contributed by atoms with E-state index in [1.807, 2.05) is 66.7 Å². The van der Waals surface area contributed by atoms with Gasteiger partial charge in [0.2, 0.25) is 0 Å². The number of nitrogens with one attached hydrogen (secondary N) is 1. The van der Waals surface area contributed by atoms with E-state index in [-0.39, 0.29) is 6.61 Å². The number of rotatable bonds is 5. The molecule has 0 saturated carbocycles. The van der Waals surface area contributed by atoms with Crippen molar-refractivity contribution >= 4 is 6.09 Å². The third-order valence-electron chi connectivity index (χ3n) is 3.97. The molecule has 0 aliphatic heterocycles. The molecule has 0 atom stereocenters. The minimum atomic E-state index is -0.426. The van der Waals surface area contributed by atoms with Crippen molar-refractivity contribution in [1.82, 2.24) is 5.32 Å². The van der Waals surface area contributed by atoms with Crippen LogP contribution in [-0.2, 0) is 11.3 Å². The van der Waals surface area contributed by atoms with Crippen LogP contribution in [0, 0.1) is 11.8 Å². The second kappa shape index (κ2) is 9.84. The number of hydrogen-bond acceptors (Lipinski definition) is 2. The summed E-state index contributed by atoms with van der Waals surface area (Å²) < 4.78 is 5.17. The monoisotopic (exact) mass is 355 g/mol. The summed E-state index contributed by atoms with van der Waals surface area (Å²) >= 11 is 0. The Balaban J connectivity index is 1.48. The van der Waals surface area contributed by atoms with E-state index in [0.29, 0.717) is 13.0 Å². The summed E-state index contributed by atoms with van der Waals surface area (Å²) in [4.78, 5) is 11.7. The van der Waals surface area contributed by atoms with Gasteiger partial charge >= 0.3 is 6.09 Å². The highest BCUT2D eigenvalue weighted by atomic mass is 16.5. The summed E-state index contributed by atoms with van der Waals surface area (Å²) in [5, 5.41) is 2.72. The normalized spacial score (nSPS) is 9.78. The van der Waals surface area contributed by atoms with Gasteiger partial charge in [-0.05, 0) is 22.8 Å². The number of alkyl carbamates (subject to hydrolysis) is 1. The first-order valence-electron chi connectivity index (χ1n) is 8.91. The third-order valence-corrected chi connectivity index (χ3v) is 3.97. The number of ether oxygens (including phenoxy) is 1. The Kier molecular flexibility index (Phi) is 6.66. The molecular weight excluding hydrogens is 334 g/mol. The lowest BCUT2D eigenvalue weighted by Crippen LogP contribution is -2.24. The third kappa shape index (κ3) is 5.76. The molecule has 0 unspecified atom stereocenters. The van der Waals surface area contributed by atoms with Crippen LogP contribution >= 0.6 is 0 Å².